The number of hydrogen-bond acceptors (Lipinski definition) is 2. The van der Waals surface area contributed by atoms with E-state index in [4.69, 9.17) is 0 Å². The van der Waals surface area contributed by atoms with Crippen molar-refractivity contribution in [2.75, 3.05) is 13.1 Å². The minimum Gasteiger partial charge on any atom is -0.337 e. The molecule has 1 fully saturated rings. The molecular weight excluding hydrogens is 164 g/mol. The van der Waals surface area contributed by atoms with Gasteiger partial charge in [-0.05, 0) is 19.3 Å². The van der Waals surface area contributed by atoms with Crippen molar-refractivity contribution in [3.05, 3.63) is 0 Å². The molecule has 76 valence electrons. The van der Waals surface area contributed by atoms with Crippen LogP contribution in [0.2, 0.25) is 0 Å². The van der Waals surface area contributed by atoms with Gasteiger partial charge in [0.15, 0.2) is 0 Å². The molecule has 3 heteroatoms. The largest absolute Gasteiger partial charge is 0.337 e. The van der Waals surface area contributed by atoms with Crippen LogP contribution in [0, 0.1) is 5.92 Å². The molecule has 1 N–H and O–H groups in total. The number of hydrogen-bond donors (Lipinski definition) is 1. The van der Waals surface area contributed by atoms with Gasteiger partial charge in [0, 0.05) is 6.54 Å². The van der Waals surface area contributed by atoms with Gasteiger partial charge in [-0.15, -0.1) is 0 Å². The minimum atomic E-state index is -0.110. The van der Waals surface area contributed by atoms with Crippen LogP contribution in [-0.2, 0) is 4.79 Å². The molecule has 0 spiro atoms. The summed E-state index contributed by atoms with van der Waals surface area (Å²) in [5.41, 5.74) is -0.110. The molecule has 3 nitrogen and oxygen atoms in total. The van der Waals surface area contributed by atoms with E-state index >= 15 is 0 Å². The highest BCUT2D eigenvalue weighted by atomic mass is 16.2. The minimum absolute atomic E-state index is 0.110. The number of amides is 1. The van der Waals surface area contributed by atoms with E-state index in [2.05, 4.69) is 37.9 Å². The fourth-order valence-electron chi connectivity index (χ4n) is 1.79. The van der Waals surface area contributed by atoms with Gasteiger partial charge < -0.3 is 5.32 Å². The molecular formula is C10H20N2O. The molecule has 1 amide bonds. The van der Waals surface area contributed by atoms with Gasteiger partial charge in [0.05, 0.1) is 12.2 Å². The third-order valence-corrected chi connectivity index (χ3v) is 2.72. The second-order valence-corrected chi connectivity index (χ2v) is 4.45. The summed E-state index contributed by atoms with van der Waals surface area (Å²) in [4.78, 5) is 13.5. The lowest BCUT2D eigenvalue weighted by Crippen LogP contribution is -2.49. The standard InChI is InChI=1S/C10H20N2O/c1-5-10(4)11-9(13)7-12(10)6-8(2)3/h8H,5-7H2,1-4H3,(H,11,13). The molecule has 0 aliphatic carbocycles. The summed E-state index contributed by atoms with van der Waals surface area (Å²) in [5.74, 6) is 0.767. The van der Waals surface area contributed by atoms with Crippen molar-refractivity contribution in [2.45, 2.75) is 39.8 Å². The molecule has 0 aromatic heterocycles. The summed E-state index contributed by atoms with van der Waals surface area (Å²) in [6, 6.07) is 0. The summed E-state index contributed by atoms with van der Waals surface area (Å²) in [5, 5.41) is 3.02. The lowest BCUT2D eigenvalue weighted by molar-refractivity contribution is -0.118. The highest BCUT2D eigenvalue weighted by Crippen LogP contribution is 2.21. The number of nitrogens with one attached hydrogen (secondary N) is 1. The summed E-state index contributed by atoms with van der Waals surface area (Å²) >= 11 is 0. The summed E-state index contributed by atoms with van der Waals surface area (Å²) in [7, 11) is 0. The summed E-state index contributed by atoms with van der Waals surface area (Å²) in [6.45, 7) is 10.1. The fraction of sp³-hybridized carbons (Fsp3) is 0.900. The highest BCUT2D eigenvalue weighted by Gasteiger charge is 2.38. The van der Waals surface area contributed by atoms with Crippen LogP contribution in [0.25, 0.3) is 0 Å². The molecule has 1 aliphatic heterocycles. The number of carbonyl (C=O) groups excluding carboxylic acids is 1. The van der Waals surface area contributed by atoms with Crippen molar-refractivity contribution in [3.8, 4) is 0 Å². The van der Waals surface area contributed by atoms with Crippen LogP contribution in [0.4, 0.5) is 0 Å². The zero-order valence-electron chi connectivity index (χ0n) is 9.05. The lowest BCUT2D eigenvalue weighted by Gasteiger charge is -2.34. The predicted octanol–water partition coefficient (Wildman–Crippen LogP) is 1.20. The maximum atomic E-state index is 11.3. The summed E-state index contributed by atoms with van der Waals surface area (Å²) < 4.78 is 0. The first-order chi connectivity index (χ1) is 5.98. The average molecular weight is 184 g/mol. The molecule has 1 atom stereocenters. The van der Waals surface area contributed by atoms with Crippen molar-refractivity contribution in [1.29, 1.82) is 0 Å². The Morgan fingerprint density at radius 1 is 1.62 bits per heavy atom. The Labute approximate surface area is 80.5 Å². The number of carbonyl (C=O) groups is 1. The van der Waals surface area contributed by atoms with E-state index in [1.165, 1.54) is 0 Å². The maximum absolute atomic E-state index is 11.3. The molecule has 1 unspecified atom stereocenters. The van der Waals surface area contributed by atoms with Crippen LogP contribution in [0.5, 0.6) is 0 Å². The SMILES string of the molecule is CCC1(C)NC(=O)CN1CC(C)C. The molecule has 1 saturated heterocycles. The van der Waals surface area contributed by atoms with Gasteiger partial charge in [0.2, 0.25) is 5.91 Å². The van der Waals surface area contributed by atoms with Gasteiger partial charge in [-0.2, -0.15) is 0 Å². The third kappa shape index (κ3) is 2.21. The van der Waals surface area contributed by atoms with Crippen LogP contribution in [0.3, 0.4) is 0 Å². The smallest absolute Gasteiger partial charge is 0.235 e. The van der Waals surface area contributed by atoms with Crippen LogP contribution >= 0.6 is 0 Å². The first-order valence-electron chi connectivity index (χ1n) is 5.04. The molecule has 1 aliphatic rings. The normalized spacial score (nSPS) is 29.8. The molecule has 0 aromatic carbocycles. The zero-order valence-corrected chi connectivity index (χ0v) is 9.05. The molecule has 1 heterocycles. The molecule has 0 radical (unpaired) electrons. The van der Waals surface area contributed by atoms with Crippen LogP contribution in [0.1, 0.15) is 34.1 Å². The quantitative estimate of drug-likeness (QED) is 0.715. The Morgan fingerprint density at radius 2 is 2.23 bits per heavy atom. The second kappa shape index (κ2) is 3.66. The first-order valence-corrected chi connectivity index (χ1v) is 5.04. The number of rotatable bonds is 3. The third-order valence-electron chi connectivity index (χ3n) is 2.72. The van der Waals surface area contributed by atoms with Crippen LogP contribution < -0.4 is 5.32 Å². The highest BCUT2D eigenvalue weighted by molar-refractivity contribution is 5.81. The van der Waals surface area contributed by atoms with E-state index in [1.54, 1.807) is 0 Å². The molecule has 0 aromatic rings. The zero-order chi connectivity index (χ0) is 10.1. The Bertz CT molecular complexity index is 203. The van der Waals surface area contributed by atoms with Crippen molar-refractivity contribution >= 4 is 5.91 Å². The van der Waals surface area contributed by atoms with Crippen molar-refractivity contribution in [2.24, 2.45) is 5.92 Å². The van der Waals surface area contributed by atoms with Gasteiger partial charge in [-0.25, -0.2) is 0 Å². The Balaban J connectivity index is 2.66. The van der Waals surface area contributed by atoms with E-state index in [0.29, 0.717) is 12.5 Å². The van der Waals surface area contributed by atoms with E-state index in [-0.39, 0.29) is 11.6 Å². The first kappa shape index (κ1) is 10.5. The monoisotopic (exact) mass is 184 g/mol. The lowest BCUT2D eigenvalue weighted by atomic mass is 10.1. The predicted molar refractivity (Wildman–Crippen MR) is 53.2 cm³/mol. The van der Waals surface area contributed by atoms with Gasteiger partial charge in [0.25, 0.3) is 0 Å². The maximum Gasteiger partial charge on any atom is 0.235 e. The van der Waals surface area contributed by atoms with E-state index in [9.17, 15) is 4.79 Å². The molecule has 13 heavy (non-hydrogen) atoms. The Morgan fingerprint density at radius 3 is 2.69 bits per heavy atom. The van der Waals surface area contributed by atoms with Gasteiger partial charge in [-0.3, -0.25) is 9.69 Å². The Kier molecular flexibility index (Phi) is 2.96. The average Bonchev–Trinajstić information content (AvgIpc) is 2.27. The van der Waals surface area contributed by atoms with E-state index in [0.717, 1.165) is 13.0 Å². The van der Waals surface area contributed by atoms with Gasteiger partial charge in [0.1, 0.15) is 0 Å². The molecule has 1 rings (SSSR count). The van der Waals surface area contributed by atoms with E-state index < -0.39 is 0 Å². The Hall–Kier alpha value is -0.570. The van der Waals surface area contributed by atoms with Gasteiger partial charge >= 0.3 is 0 Å². The molecule has 0 saturated carbocycles. The van der Waals surface area contributed by atoms with Crippen LogP contribution in [-0.4, -0.2) is 29.6 Å². The fourth-order valence-corrected chi connectivity index (χ4v) is 1.79. The van der Waals surface area contributed by atoms with Gasteiger partial charge in [-0.1, -0.05) is 20.8 Å². The number of nitrogens with zero attached hydrogens (tertiary/aromatic N) is 1. The van der Waals surface area contributed by atoms with E-state index in [1.807, 2.05) is 0 Å². The van der Waals surface area contributed by atoms with Crippen molar-refractivity contribution in [3.63, 3.8) is 0 Å². The van der Waals surface area contributed by atoms with Crippen molar-refractivity contribution < 1.29 is 4.79 Å². The van der Waals surface area contributed by atoms with Crippen LogP contribution in [0.15, 0.2) is 0 Å². The van der Waals surface area contributed by atoms with Crippen molar-refractivity contribution in [1.82, 2.24) is 10.2 Å². The second-order valence-electron chi connectivity index (χ2n) is 4.45. The topological polar surface area (TPSA) is 32.3 Å². The molecule has 0 bridgehead atoms. The summed E-state index contributed by atoms with van der Waals surface area (Å²) in [6.07, 6.45) is 0.964.